The second-order valence-electron chi connectivity index (χ2n) is 9.40. The highest BCUT2D eigenvalue weighted by Gasteiger charge is 2.31. The molecule has 5 nitrogen and oxygen atoms in total. The Labute approximate surface area is 220 Å². The van der Waals surface area contributed by atoms with Crippen LogP contribution in [0.5, 0.6) is 5.75 Å². The van der Waals surface area contributed by atoms with Gasteiger partial charge in [-0.2, -0.15) is 0 Å². The van der Waals surface area contributed by atoms with Gasteiger partial charge in [0.05, 0.1) is 24.2 Å². The first-order valence-corrected chi connectivity index (χ1v) is 12.7. The predicted octanol–water partition coefficient (Wildman–Crippen LogP) is 6.29. The number of likely N-dealkylation sites (tertiary alicyclic amines) is 1. The number of carboxylic acid groups (broad SMARTS) is 1. The van der Waals surface area contributed by atoms with Crippen LogP contribution in [-0.4, -0.2) is 47.7 Å². The van der Waals surface area contributed by atoms with Gasteiger partial charge in [-0.15, -0.1) is 0 Å². The standard InChI is InChI=1S/C29H29ClF2N2O3/c1-37-23-8-10-27-24(16-23)29(25(30)17-33-27)26(32)9-7-20-11-13-34(18-21(20)15-28(35)36)12-3-5-19-4-2-6-22(31)14-19/h2,4,6,8,10,14,16-17,20-21,26H,7,9,11-13,15,18H2,1H3,(H,35,36)/t20-,21-,26+/m1/s1. The number of carboxylic acids is 1. The zero-order valence-electron chi connectivity index (χ0n) is 20.6. The third kappa shape index (κ3) is 6.97. The van der Waals surface area contributed by atoms with E-state index in [2.05, 4.69) is 21.7 Å². The lowest BCUT2D eigenvalue weighted by atomic mass is 9.79. The summed E-state index contributed by atoms with van der Waals surface area (Å²) >= 11 is 6.37. The van der Waals surface area contributed by atoms with Crippen LogP contribution >= 0.6 is 11.6 Å². The third-order valence-corrected chi connectivity index (χ3v) is 7.25. The lowest BCUT2D eigenvalue weighted by Crippen LogP contribution is -2.41. The van der Waals surface area contributed by atoms with E-state index in [0.717, 1.165) is 13.0 Å². The van der Waals surface area contributed by atoms with E-state index in [4.69, 9.17) is 16.3 Å². The number of aromatic nitrogens is 1. The Hall–Kier alpha value is -3.21. The SMILES string of the molecule is COc1ccc2ncc(Cl)c([C@@H](F)CC[C@@H]3CCN(CC#Cc4cccc(F)c4)C[C@H]3CC(=O)O)c2c1. The topological polar surface area (TPSA) is 62.7 Å². The fraction of sp³-hybridized carbons (Fsp3) is 0.379. The van der Waals surface area contributed by atoms with Crippen molar-refractivity contribution in [1.29, 1.82) is 0 Å². The summed E-state index contributed by atoms with van der Waals surface area (Å²) < 4.78 is 34.3. The largest absolute Gasteiger partial charge is 0.497 e. The number of pyridine rings is 1. The number of hydrogen-bond acceptors (Lipinski definition) is 4. The Morgan fingerprint density at radius 1 is 1.30 bits per heavy atom. The summed E-state index contributed by atoms with van der Waals surface area (Å²) in [6.45, 7) is 1.78. The van der Waals surface area contributed by atoms with Crippen LogP contribution in [0.15, 0.2) is 48.7 Å². The molecule has 0 bridgehead atoms. The lowest BCUT2D eigenvalue weighted by molar-refractivity contribution is -0.139. The van der Waals surface area contributed by atoms with Gasteiger partial charge in [-0.25, -0.2) is 8.78 Å². The van der Waals surface area contributed by atoms with Crippen molar-refractivity contribution in [3.63, 3.8) is 0 Å². The molecule has 0 radical (unpaired) electrons. The maximum absolute atomic E-state index is 15.6. The van der Waals surface area contributed by atoms with Crippen LogP contribution in [-0.2, 0) is 4.79 Å². The molecular weight excluding hydrogens is 498 g/mol. The zero-order chi connectivity index (χ0) is 26.4. The van der Waals surface area contributed by atoms with Crippen molar-refractivity contribution in [2.24, 2.45) is 11.8 Å². The van der Waals surface area contributed by atoms with Crippen molar-refractivity contribution < 1.29 is 23.4 Å². The Morgan fingerprint density at radius 2 is 2.14 bits per heavy atom. The van der Waals surface area contributed by atoms with Gasteiger partial charge in [0.1, 0.15) is 17.7 Å². The molecule has 0 amide bonds. The maximum Gasteiger partial charge on any atom is 0.303 e. The Kier molecular flexibility index (Phi) is 8.96. The number of benzene rings is 2. The molecule has 0 aliphatic carbocycles. The van der Waals surface area contributed by atoms with Crippen LogP contribution in [0.1, 0.15) is 43.0 Å². The highest BCUT2D eigenvalue weighted by Crippen LogP contribution is 2.39. The molecule has 1 fully saturated rings. The van der Waals surface area contributed by atoms with E-state index in [1.165, 1.54) is 18.3 Å². The molecule has 1 N–H and O–H groups in total. The lowest BCUT2D eigenvalue weighted by Gasteiger charge is -2.37. The minimum absolute atomic E-state index is 0.0194. The molecule has 8 heteroatoms. The number of aliphatic carboxylic acids is 1. The minimum atomic E-state index is -1.31. The molecule has 4 rings (SSSR count). The minimum Gasteiger partial charge on any atom is -0.497 e. The predicted molar refractivity (Wildman–Crippen MR) is 140 cm³/mol. The highest BCUT2D eigenvalue weighted by molar-refractivity contribution is 6.32. The summed E-state index contributed by atoms with van der Waals surface area (Å²) in [5, 5.41) is 10.4. The number of halogens is 3. The van der Waals surface area contributed by atoms with Gasteiger partial charge in [0.15, 0.2) is 0 Å². The first-order chi connectivity index (χ1) is 17.8. The van der Waals surface area contributed by atoms with Gasteiger partial charge >= 0.3 is 5.97 Å². The molecule has 1 aliphatic rings. The van der Waals surface area contributed by atoms with Crippen LogP contribution in [0.4, 0.5) is 8.78 Å². The molecule has 194 valence electrons. The number of fused-ring (bicyclic) bond motifs is 1. The molecule has 37 heavy (non-hydrogen) atoms. The third-order valence-electron chi connectivity index (χ3n) is 6.94. The van der Waals surface area contributed by atoms with Crippen molar-refractivity contribution in [3.05, 3.63) is 70.6 Å². The van der Waals surface area contributed by atoms with E-state index in [1.54, 1.807) is 37.4 Å². The maximum atomic E-state index is 15.6. The molecular formula is C29H29ClF2N2O3. The molecule has 1 aliphatic heterocycles. The molecule has 2 heterocycles. The monoisotopic (exact) mass is 526 g/mol. The summed E-state index contributed by atoms with van der Waals surface area (Å²) in [6, 6.07) is 11.4. The number of ether oxygens (including phenoxy) is 1. The second-order valence-corrected chi connectivity index (χ2v) is 9.81. The molecule has 0 spiro atoms. The number of hydrogen-bond donors (Lipinski definition) is 1. The van der Waals surface area contributed by atoms with Crippen molar-refractivity contribution in [2.75, 3.05) is 26.7 Å². The van der Waals surface area contributed by atoms with Crippen LogP contribution in [0, 0.1) is 29.5 Å². The molecule has 1 aromatic heterocycles. The van der Waals surface area contributed by atoms with E-state index < -0.39 is 12.1 Å². The number of alkyl halides is 1. The number of nitrogens with zero attached hydrogens (tertiary/aromatic N) is 2. The van der Waals surface area contributed by atoms with Crippen molar-refractivity contribution in [1.82, 2.24) is 9.88 Å². The average molecular weight is 527 g/mol. The van der Waals surface area contributed by atoms with Crippen molar-refractivity contribution in [3.8, 4) is 17.6 Å². The highest BCUT2D eigenvalue weighted by atomic mass is 35.5. The van der Waals surface area contributed by atoms with Crippen LogP contribution in [0.2, 0.25) is 5.02 Å². The zero-order valence-corrected chi connectivity index (χ0v) is 21.3. The smallest absolute Gasteiger partial charge is 0.303 e. The summed E-state index contributed by atoms with van der Waals surface area (Å²) in [5.74, 6) is 5.38. The normalized spacial score (nSPS) is 18.7. The quantitative estimate of drug-likeness (QED) is 0.349. The summed E-state index contributed by atoms with van der Waals surface area (Å²) in [4.78, 5) is 18.0. The van der Waals surface area contributed by atoms with Gasteiger partial charge in [0.25, 0.3) is 0 Å². The summed E-state index contributed by atoms with van der Waals surface area (Å²) in [6.07, 6.45) is 1.71. The van der Waals surface area contributed by atoms with E-state index in [9.17, 15) is 14.3 Å². The molecule has 1 saturated heterocycles. The first-order valence-electron chi connectivity index (χ1n) is 12.3. The molecule has 0 unspecified atom stereocenters. The van der Waals surface area contributed by atoms with Crippen molar-refractivity contribution in [2.45, 2.75) is 31.9 Å². The molecule has 2 aromatic carbocycles. The first kappa shape index (κ1) is 26.8. The number of piperidine rings is 1. The van der Waals surface area contributed by atoms with E-state index in [0.29, 0.717) is 47.3 Å². The van der Waals surface area contributed by atoms with Crippen LogP contribution < -0.4 is 4.74 Å². The van der Waals surface area contributed by atoms with Gasteiger partial charge < -0.3 is 9.84 Å². The van der Waals surface area contributed by atoms with Gasteiger partial charge in [-0.05, 0) is 74.0 Å². The second kappa shape index (κ2) is 12.4. The van der Waals surface area contributed by atoms with E-state index >= 15 is 4.39 Å². The number of methoxy groups -OCH3 is 1. The van der Waals surface area contributed by atoms with Crippen LogP contribution in [0.3, 0.4) is 0 Å². The molecule has 0 saturated carbocycles. The molecule has 3 atom stereocenters. The summed E-state index contributed by atoms with van der Waals surface area (Å²) in [7, 11) is 1.55. The Balaban J connectivity index is 1.42. The van der Waals surface area contributed by atoms with Gasteiger partial charge in [-0.1, -0.05) is 29.5 Å². The number of rotatable bonds is 8. The van der Waals surface area contributed by atoms with Gasteiger partial charge in [0, 0.05) is 35.7 Å². The molecule has 3 aromatic rings. The Morgan fingerprint density at radius 3 is 2.89 bits per heavy atom. The van der Waals surface area contributed by atoms with Gasteiger partial charge in [0.2, 0.25) is 0 Å². The summed E-state index contributed by atoms with van der Waals surface area (Å²) in [5.41, 5.74) is 1.63. The average Bonchev–Trinajstić information content (AvgIpc) is 2.87. The van der Waals surface area contributed by atoms with Crippen molar-refractivity contribution >= 4 is 28.5 Å². The van der Waals surface area contributed by atoms with Gasteiger partial charge in [-0.3, -0.25) is 14.7 Å². The Bertz CT molecular complexity index is 1320. The van der Waals surface area contributed by atoms with E-state index in [1.807, 2.05) is 0 Å². The number of carbonyl (C=O) groups is 1. The fourth-order valence-corrected chi connectivity index (χ4v) is 5.34. The fourth-order valence-electron chi connectivity index (χ4n) is 5.07. The van der Waals surface area contributed by atoms with Crippen LogP contribution in [0.25, 0.3) is 10.9 Å². The van der Waals surface area contributed by atoms with E-state index in [-0.39, 0.29) is 35.5 Å².